The Morgan fingerprint density at radius 3 is 2.62 bits per heavy atom. The van der Waals surface area contributed by atoms with E-state index in [9.17, 15) is 12.8 Å². The first kappa shape index (κ1) is 15.9. The highest BCUT2D eigenvalue weighted by Crippen LogP contribution is 2.30. The Morgan fingerprint density at radius 2 is 2.00 bits per heavy atom. The average molecular weight is 313 g/mol. The normalized spacial score (nSPS) is 13.2. The molecule has 21 heavy (non-hydrogen) atoms. The molecule has 2 aromatic rings. The summed E-state index contributed by atoms with van der Waals surface area (Å²) in [6.45, 7) is 4.13. The first-order valence-electron chi connectivity index (χ1n) is 6.58. The van der Waals surface area contributed by atoms with Crippen LogP contribution in [0.1, 0.15) is 19.4 Å². The van der Waals surface area contributed by atoms with Crippen LogP contribution in [0.25, 0.3) is 10.9 Å². The molecule has 0 unspecified atom stereocenters. The fourth-order valence-corrected chi connectivity index (χ4v) is 2.96. The minimum atomic E-state index is -3.47. The van der Waals surface area contributed by atoms with Crippen LogP contribution in [0, 0.1) is 5.82 Å². The topological polar surface area (TPSA) is 65.2 Å². The Bertz CT molecular complexity index is 751. The number of nitrogens with zero attached hydrogens (tertiary/aromatic N) is 1. The highest BCUT2D eigenvalue weighted by atomic mass is 32.2. The monoisotopic (exact) mass is 313 g/mol. The summed E-state index contributed by atoms with van der Waals surface area (Å²) >= 11 is 0. The van der Waals surface area contributed by atoms with Crippen LogP contribution in [0.15, 0.2) is 24.4 Å². The molecular weight excluding hydrogens is 293 g/mol. The molecule has 0 fully saturated rings. The fraction of sp³-hybridized carbons (Fsp3) is 0.429. The second kappa shape index (κ2) is 5.40. The van der Waals surface area contributed by atoms with E-state index >= 15 is 0 Å². The van der Waals surface area contributed by atoms with E-state index in [1.165, 1.54) is 26.2 Å². The maximum absolute atomic E-state index is 13.2. The van der Waals surface area contributed by atoms with Crippen molar-refractivity contribution in [1.82, 2.24) is 14.0 Å². The summed E-state index contributed by atoms with van der Waals surface area (Å²) < 4.78 is 40.5. The van der Waals surface area contributed by atoms with Gasteiger partial charge < -0.3 is 4.98 Å². The number of halogens is 1. The van der Waals surface area contributed by atoms with Gasteiger partial charge in [0, 0.05) is 43.2 Å². The number of benzene rings is 1. The smallest absolute Gasteiger partial charge is 0.278 e. The maximum Gasteiger partial charge on any atom is 0.278 e. The van der Waals surface area contributed by atoms with Crippen molar-refractivity contribution in [2.45, 2.75) is 19.3 Å². The molecule has 2 rings (SSSR count). The van der Waals surface area contributed by atoms with Gasteiger partial charge in [0.15, 0.2) is 0 Å². The molecule has 0 aliphatic heterocycles. The van der Waals surface area contributed by atoms with Crippen molar-refractivity contribution in [3.8, 4) is 0 Å². The van der Waals surface area contributed by atoms with Crippen LogP contribution in [0.3, 0.4) is 0 Å². The Balaban J connectivity index is 2.30. The molecule has 1 heterocycles. The molecule has 0 saturated heterocycles. The first-order chi connectivity index (χ1) is 9.63. The average Bonchev–Trinajstić information content (AvgIpc) is 2.80. The van der Waals surface area contributed by atoms with Gasteiger partial charge in [-0.05, 0) is 23.8 Å². The minimum absolute atomic E-state index is 0.248. The van der Waals surface area contributed by atoms with Gasteiger partial charge in [-0.25, -0.2) is 9.11 Å². The second-order valence-corrected chi connectivity index (χ2v) is 7.85. The third-order valence-electron chi connectivity index (χ3n) is 3.55. The summed E-state index contributed by atoms with van der Waals surface area (Å²) in [7, 11) is -0.517. The van der Waals surface area contributed by atoms with Gasteiger partial charge in [0.2, 0.25) is 0 Å². The standard InChI is InChI=1S/C14H20FN3O2S/c1-14(2,9-17-21(19,20)18(3)4)12-8-16-13-7-10(15)5-6-11(12)13/h5-8,16-17H,9H2,1-4H3. The lowest BCUT2D eigenvalue weighted by Gasteiger charge is -2.25. The number of hydrogen-bond donors (Lipinski definition) is 2. The number of fused-ring (bicyclic) bond motifs is 1. The van der Waals surface area contributed by atoms with E-state index in [1.54, 1.807) is 12.3 Å². The minimum Gasteiger partial charge on any atom is -0.361 e. The number of aromatic nitrogens is 1. The molecule has 1 aromatic carbocycles. The van der Waals surface area contributed by atoms with Gasteiger partial charge in [-0.1, -0.05) is 13.8 Å². The molecule has 0 spiro atoms. The van der Waals surface area contributed by atoms with Gasteiger partial charge in [0.05, 0.1) is 0 Å². The van der Waals surface area contributed by atoms with Crippen molar-refractivity contribution in [2.24, 2.45) is 0 Å². The third-order valence-corrected chi connectivity index (χ3v) is 5.02. The zero-order valence-electron chi connectivity index (χ0n) is 12.6. The van der Waals surface area contributed by atoms with Crippen LogP contribution in [0.5, 0.6) is 0 Å². The lowest BCUT2D eigenvalue weighted by molar-refractivity contribution is 0.471. The van der Waals surface area contributed by atoms with Crippen LogP contribution in [-0.4, -0.2) is 38.3 Å². The lowest BCUT2D eigenvalue weighted by atomic mass is 9.85. The van der Waals surface area contributed by atoms with Gasteiger partial charge in [-0.3, -0.25) is 0 Å². The van der Waals surface area contributed by atoms with Crippen LogP contribution < -0.4 is 4.72 Å². The third kappa shape index (κ3) is 3.25. The fourth-order valence-electron chi connectivity index (χ4n) is 2.15. The number of hydrogen-bond acceptors (Lipinski definition) is 2. The summed E-state index contributed by atoms with van der Waals surface area (Å²) in [5, 5.41) is 0.894. The molecule has 0 saturated carbocycles. The number of nitrogens with one attached hydrogen (secondary N) is 2. The zero-order valence-corrected chi connectivity index (χ0v) is 13.4. The van der Waals surface area contributed by atoms with Crippen molar-refractivity contribution in [3.05, 3.63) is 35.8 Å². The highest BCUT2D eigenvalue weighted by molar-refractivity contribution is 7.87. The van der Waals surface area contributed by atoms with E-state index in [1.807, 2.05) is 13.8 Å². The van der Waals surface area contributed by atoms with Gasteiger partial charge in [0.1, 0.15) is 5.82 Å². The molecule has 1 aromatic heterocycles. The molecule has 2 N–H and O–H groups in total. The SMILES string of the molecule is CN(C)S(=O)(=O)NCC(C)(C)c1c[nH]c2cc(F)ccc12. The van der Waals surface area contributed by atoms with E-state index in [4.69, 9.17) is 0 Å². The van der Waals surface area contributed by atoms with E-state index in [0.717, 1.165) is 15.3 Å². The second-order valence-electron chi connectivity index (χ2n) is 5.88. The quantitative estimate of drug-likeness (QED) is 0.886. The zero-order chi connectivity index (χ0) is 15.8. The van der Waals surface area contributed by atoms with Gasteiger partial charge in [-0.15, -0.1) is 0 Å². The van der Waals surface area contributed by atoms with E-state index in [-0.39, 0.29) is 12.4 Å². The molecule has 5 nitrogen and oxygen atoms in total. The molecular formula is C14H20FN3O2S. The molecule has 0 amide bonds. The van der Waals surface area contributed by atoms with Crippen LogP contribution in [0.2, 0.25) is 0 Å². The summed E-state index contributed by atoms with van der Waals surface area (Å²) in [4.78, 5) is 3.03. The van der Waals surface area contributed by atoms with Gasteiger partial charge >= 0.3 is 0 Å². The predicted molar refractivity (Wildman–Crippen MR) is 81.9 cm³/mol. The number of H-pyrrole nitrogens is 1. The van der Waals surface area contributed by atoms with E-state index in [0.29, 0.717) is 5.52 Å². The Labute approximate surface area is 124 Å². The summed E-state index contributed by atoms with van der Waals surface area (Å²) in [5.74, 6) is -0.304. The van der Waals surface area contributed by atoms with E-state index in [2.05, 4.69) is 9.71 Å². The molecule has 0 aliphatic carbocycles. The Kier molecular flexibility index (Phi) is 4.10. The molecule has 7 heteroatoms. The van der Waals surface area contributed by atoms with Crippen molar-refractivity contribution in [1.29, 1.82) is 0 Å². The predicted octanol–water partition coefficient (Wildman–Crippen LogP) is 1.98. The molecule has 0 radical (unpaired) electrons. The van der Waals surface area contributed by atoms with Crippen molar-refractivity contribution < 1.29 is 12.8 Å². The molecule has 116 valence electrons. The number of rotatable bonds is 5. The van der Waals surface area contributed by atoms with Crippen molar-refractivity contribution in [3.63, 3.8) is 0 Å². The van der Waals surface area contributed by atoms with Gasteiger partial charge in [0.25, 0.3) is 10.2 Å². The molecule has 0 aliphatic rings. The van der Waals surface area contributed by atoms with Crippen molar-refractivity contribution >= 4 is 21.1 Å². The summed E-state index contributed by atoms with van der Waals surface area (Å²) in [5.41, 5.74) is 1.21. The van der Waals surface area contributed by atoms with Gasteiger partial charge in [-0.2, -0.15) is 12.7 Å². The summed E-state index contributed by atoms with van der Waals surface area (Å²) in [6.07, 6.45) is 1.80. The lowest BCUT2D eigenvalue weighted by Crippen LogP contribution is -2.42. The summed E-state index contributed by atoms with van der Waals surface area (Å²) in [6, 6.07) is 4.54. The maximum atomic E-state index is 13.2. The van der Waals surface area contributed by atoms with E-state index < -0.39 is 15.6 Å². The molecule has 0 atom stereocenters. The highest BCUT2D eigenvalue weighted by Gasteiger charge is 2.26. The van der Waals surface area contributed by atoms with Crippen LogP contribution >= 0.6 is 0 Å². The van der Waals surface area contributed by atoms with Crippen LogP contribution in [0.4, 0.5) is 4.39 Å². The Morgan fingerprint density at radius 1 is 1.33 bits per heavy atom. The first-order valence-corrected chi connectivity index (χ1v) is 8.02. The largest absolute Gasteiger partial charge is 0.361 e. The van der Waals surface area contributed by atoms with Crippen molar-refractivity contribution in [2.75, 3.05) is 20.6 Å². The number of aromatic amines is 1. The van der Waals surface area contributed by atoms with Crippen LogP contribution in [-0.2, 0) is 15.6 Å². The molecule has 0 bridgehead atoms. The Hall–Kier alpha value is -1.44.